The van der Waals surface area contributed by atoms with Crippen molar-refractivity contribution in [1.82, 2.24) is 9.78 Å². The summed E-state index contributed by atoms with van der Waals surface area (Å²) in [6, 6.07) is 3.56. The van der Waals surface area contributed by atoms with Gasteiger partial charge in [-0.15, -0.1) is 0 Å². The minimum atomic E-state index is -0.276. The smallest absolute Gasteiger partial charge is 0.293 e. The first-order chi connectivity index (χ1) is 11.0. The first-order valence-electron chi connectivity index (χ1n) is 8.03. The highest BCUT2D eigenvalue weighted by atomic mass is 32.2. The van der Waals surface area contributed by atoms with Crippen molar-refractivity contribution < 1.29 is 4.92 Å². The van der Waals surface area contributed by atoms with E-state index in [1.165, 1.54) is 0 Å². The van der Waals surface area contributed by atoms with Crippen LogP contribution in [0.1, 0.15) is 20.3 Å². The van der Waals surface area contributed by atoms with Gasteiger partial charge >= 0.3 is 0 Å². The van der Waals surface area contributed by atoms with E-state index >= 15 is 0 Å². The molecule has 124 valence electrons. The number of aromatic nitrogens is 2. The summed E-state index contributed by atoms with van der Waals surface area (Å²) in [7, 11) is 0. The fourth-order valence-electron chi connectivity index (χ4n) is 2.81. The zero-order valence-electron chi connectivity index (χ0n) is 13.6. The number of anilines is 1. The van der Waals surface area contributed by atoms with Crippen molar-refractivity contribution in [3.05, 3.63) is 28.4 Å². The van der Waals surface area contributed by atoms with E-state index in [-0.39, 0.29) is 10.6 Å². The van der Waals surface area contributed by atoms with Crippen LogP contribution in [0.4, 0.5) is 11.4 Å². The molecular weight excluding hydrogens is 312 g/mol. The van der Waals surface area contributed by atoms with E-state index in [0.29, 0.717) is 11.6 Å². The lowest BCUT2D eigenvalue weighted by Gasteiger charge is -2.28. The van der Waals surface area contributed by atoms with Gasteiger partial charge in [0.1, 0.15) is 5.69 Å². The first kappa shape index (κ1) is 16.1. The predicted molar refractivity (Wildman–Crippen MR) is 95.4 cm³/mol. The fraction of sp³-hybridized carbons (Fsp3) is 0.562. The molecule has 2 heterocycles. The topological polar surface area (TPSA) is 64.2 Å². The Kier molecular flexibility index (Phi) is 4.75. The third kappa shape index (κ3) is 3.60. The van der Waals surface area contributed by atoms with Gasteiger partial charge in [0.15, 0.2) is 0 Å². The zero-order valence-corrected chi connectivity index (χ0v) is 14.4. The van der Waals surface area contributed by atoms with Gasteiger partial charge in [0.25, 0.3) is 5.69 Å². The highest BCUT2D eigenvalue weighted by Gasteiger charge is 2.23. The highest BCUT2D eigenvalue weighted by Crippen LogP contribution is 2.34. The molecular formula is C16H22N4O2S. The molecule has 1 saturated heterocycles. The van der Waals surface area contributed by atoms with Crippen LogP contribution in [0.5, 0.6) is 0 Å². The van der Waals surface area contributed by atoms with Gasteiger partial charge in [-0.3, -0.25) is 14.8 Å². The van der Waals surface area contributed by atoms with Gasteiger partial charge in [0.2, 0.25) is 0 Å². The SMILES string of the molecule is CC(C)CCn1cc2cc([N+](=O)[O-])c(N3CCSCC3)cc2n1. The Hall–Kier alpha value is -1.76. The van der Waals surface area contributed by atoms with E-state index in [0.717, 1.165) is 48.5 Å². The number of hydrogen-bond acceptors (Lipinski definition) is 5. The van der Waals surface area contributed by atoms with Crippen LogP contribution in [0.3, 0.4) is 0 Å². The van der Waals surface area contributed by atoms with Gasteiger partial charge in [-0.05, 0) is 18.4 Å². The normalized spacial score (nSPS) is 15.5. The largest absolute Gasteiger partial charge is 0.364 e. The van der Waals surface area contributed by atoms with Crippen LogP contribution >= 0.6 is 11.8 Å². The number of nitro benzene ring substituents is 1. The lowest BCUT2D eigenvalue weighted by molar-refractivity contribution is -0.384. The number of fused-ring (bicyclic) bond motifs is 1. The minimum absolute atomic E-state index is 0.188. The number of hydrogen-bond donors (Lipinski definition) is 0. The summed E-state index contributed by atoms with van der Waals surface area (Å²) in [5.74, 6) is 2.63. The third-order valence-corrected chi connectivity index (χ3v) is 5.07. The molecule has 1 aromatic heterocycles. The van der Waals surface area contributed by atoms with E-state index in [2.05, 4.69) is 23.8 Å². The fourth-order valence-corrected chi connectivity index (χ4v) is 3.71. The van der Waals surface area contributed by atoms with Crippen LogP contribution in [-0.4, -0.2) is 39.3 Å². The maximum Gasteiger partial charge on any atom is 0.293 e. The summed E-state index contributed by atoms with van der Waals surface area (Å²) in [4.78, 5) is 13.3. The monoisotopic (exact) mass is 334 g/mol. The number of aryl methyl sites for hydroxylation is 1. The minimum Gasteiger partial charge on any atom is -0.364 e. The van der Waals surface area contributed by atoms with Crippen LogP contribution in [0.2, 0.25) is 0 Å². The molecule has 0 spiro atoms. The second kappa shape index (κ2) is 6.78. The van der Waals surface area contributed by atoms with Crippen LogP contribution in [0.15, 0.2) is 18.3 Å². The van der Waals surface area contributed by atoms with Crippen LogP contribution < -0.4 is 4.90 Å². The molecule has 0 amide bonds. The van der Waals surface area contributed by atoms with Crippen LogP contribution in [0.25, 0.3) is 10.9 Å². The number of thioether (sulfide) groups is 1. The molecule has 6 nitrogen and oxygen atoms in total. The Morgan fingerprint density at radius 3 is 2.74 bits per heavy atom. The Morgan fingerprint density at radius 1 is 1.35 bits per heavy atom. The Morgan fingerprint density at radius 2 is 2.09 bits per heavy atom. The van der Waals surface area contributed by atoms with E-state index in [4.69, 9.17) is 0 Å². The van der Waals surface area contributed by atoms with E-state index in [1.807, 2.05) is 28.7 Å². The van der Waals surface area contributed by atoms with Gasteiger partial charge in [-0.1, -0.05) is 13.8 Å². The molecule has 0 unspecified atom stereocenters. The second-order valence-electron chi connectivity index (χ2n) is 6.33. The summed E-state index contributed by atoms with van der Waals surface area (Å²) in [6.45, 7) is 6.91. The Balaban J connectivity index is 1.97. The Bertz CT molecular complexity index is 707. The third-order valence-electron chi connectivity index (χ3n) is 4.13. The number of benzene rings is 1. The van der Waals surface area contributed by atoms with E-state index in [9.17, 15) is 10.1 Å². The van der Waals surface area contributed by atoms with Gasteiger partial charge in [-0.25, -0.2) is 0 Å². The number of nitrogens with zero attached hydrogens (tertiary/aromatic N) is 4. The van der Waals surface area contributed by atoms with Gasteiger partial charge in [0, 0.05) is 48.8 Å². The summed E-state index contributed by atoms with van der Waals surface area (Å²) in [5, 5.41) is 16.9. The Labute approximate surface area is 140 Å². The summed E-state index contributed by atoms with van der Waals surface area (Å²) < 4.78 is 1.91. The lowest BCUT2D eigenvalue weighted by atomic mass is 10.1. The lowest BCUT2D eigenvalue weighted by Crippen LogP contribution is -2.32. The molecule has 23 heavy (non-hydrogen) atoms. The molecule has 1 fully saturated rings. The van der Waals surface area contributed by atoms with Crippen molar-refractivity contribution in [3.63, 3.8) is 0 Å². The molecule has 7 heteroatoms. The van der Waals surface area contributed by atoms with Crippen molar-refractivity contribution in [2.75, 3.05) is 29.5 Å². The molecule has 0 atom stereocenters. The summed E-state index contributed by atoms with van der Waals surface area (Å²) in [5.41, 5.74) is 1.73. The standard InChI is InChI=1S/C16H22N4O2S/c1-12(2)3-4-19-11-13-9-16(20(21)22)15(10-14(13)17-19)18-5-7-23-8-6-18/h9-12H,3-8H2,1-2H3. The van der Waals surface area contributed by atoms with Crippen molar-refractivity contribution >= 4 is 34.0 Å². The summed E-state index contributed by atoms with van der Waals surface area (Å²) >= 11 is 1.89. The van der Waals surface area contributed by atoms with Crippen molar-refractivity contribution in [2.45, 2.75) is 26.8 Å². The molecule has 1 aromatic carbocycles. The molecule has 3 rings (SSSR count). The molecule has 0 N–H and O–H groups in total. The van der Waals surface area contributed by atoms with Gasteiger partial charge < -0.3 is 4.90 Å². The zero-order chi connectivity index (χ0) is 16.4. The first-order valence-corrected chi connectivity index (χ1v) is 9.18. The highest BCUT2D eigenvalue weighted by molar-refractivity contribution is 7.99. The van der Waals surface area contributed by atoms with Crippen molar-refractivity contribution in [2.24, 2.45) is 5.92 Å². The molecule has 1 aliphatic rings. The van der Waals surface area contributed by atoms with Crippen molar-refractivity contribution in [1.29, 1.82) is 0 Å². The van der Waals surface area contributed by atoms with Crippen LogP contribution in [0, 0.1) is 16.0 Å². The molecule has 1 aliphatic heterocycles. The number of rotatable bonds is 5. The summed E-state index contributed by atoms with van der Waals surface area (Å²) in [6.07, 6.45) is 2.97. The maximum atomic E-state index is 11.5. The maximum absolute atomic E-state index is 11.5. The molecule has 0 saturated carbocycles. The molecule has 0 bridgehead atoms. The quantitative estimate of drug-likeness (QED) is 0.618. The average molecular weight is 334 g/mol. The van der Waals surface area contributed by atoms with E-state index < -0.39 is 0 Å². The molecule has 0 radical (unpaired) electrons. The van der Waals surface area contributed by atoms with Crippen molar-refractivity contribution in [3.8, 4) is 0 Å². The van der Waals surface area contributed by atoms with Gasteiger partial charge in [0.05, 0.1) is 10.4 Å². The predicted octanol–water partition coefficient (Wildman–Crippen LogP) is 3.54. The number of nitro groups is 1. The van der Waals surface area contributed by atoms with E-state index in [1.54, 1.807) is 6.07 Å². The van der Waals surface area contributed by atoms with Crippen LogP contribution in [-0.2, 0) is 6.54 Å². The average Bonchev–Trinajstić information content (AvgIpc) is 2.94. The van der Waals surface area contributed by atoms with Gasteiger partial charge in [-0.2, -0.15) is 16.9 Å². The molecule has 2 aromatic rings. The second-order valence-corrected chi connectivity index (χ2v) is 7.56. The molecule has 0 aliphatic carbocycles.